The maximum atomic E-state index is 11.7. The smallest absolute Gasteiger partial charge is 0.223 e. The Balaban J connectivity index is 2.56. The van der Waals surface area contributed by atoms with Crippen molar-refractivity contribution in [3.05, 3.63) is 29.8 Å². The molecule has 2 amide bonds. The highest BCUT2D eigenvalue weighted by molar-refractivity contribution is 5.92. The molecule has 0 atom stereocenters. The van der Waals surface area contributed by atoms with Crippen LogP contribution in [0.15, 0.2) is 24.3 Å². The summed E-state index contributed by atoms with van der Waals surface area (Å²) < 4.78 is 0. The van der Waals surface area contributed by atoms with Crippen molar-refractivity contribution in [2.45, 2.75) is 40.0 Å². The summed E-state index contributed by atoms with van der Waals surface area (Å²) in [6, 6.07) is 7.75. The van der Waals surface area contributed by atoms with E-state index in [4.69, 9.17) is 0 Å². The molecule has 0 aliphatic heterocycles. The van der Waals surface area contributed by atoms with Gasteiger partial charge in [0.25, 0.3) is 0 Å². The first-order valence-electron chi connectivity index (χ1n) is 7.16. The Morgan fingerprint density at radius 1 is 1.30 bits per heavy atom. The summed E-state index contributed by atoms with van der Waals surface area (Å²) in [5.74, 6) is -0.0469. The highest BCUT2D eigenvalue weighted by Crippen LogP contribution is 2.16. The largest absolute Gasteiger partial charge is 0.356 e. The predicted octanol–water partition coefficient (Wildman–Crippen LogP) is 2.65. The SMILES string of the molecule is CCCCNC(=O)CCN(C(C)=O)c1cccc(C)c1. The zero-order valence-electron chi connectivity index (χ0n) is 12.6. The van der Waals surface area contributed by atoms with Gasteiger partial charge in [0.2, 0.25) is 11.8 Å². The molecule has 110 valence electrons. The zero-order chi connectivity index (χ0) is 15.0. The van der Waals surface area contributed by atoms with Crippen molar-refractivity contribution >= 4 is 17.5 Å². The van der Waals surface area contributed by atoms with Crippen molar-refractivity contribution in [2.24, 2.45) is 0 Å². The van der Waals surface area contributed by atoms with E-state index < -0.39 is 0 Å². The number of nitrogens with zero attached hydrogens (tertiary/aromatic N) is 1. The van der Waals surface area contributed by atoms with Crippen LogP contribution in [0.1, 0.15) is 38.7 Å². The third-order valence-electron chi connectivity index (χ3n) is 3.11. The Morgan fingerprint density at radius 2 is 2.05 bits per heavy atom. The molecule has 0 saturated carbocycles. The van der Waals surface area contributed by atoms with Crippen LogP contribution in [-0.2, 0) is 9.59 Å². The van der Waals surface area contributed by atoms with E-state index in [2.05, 4.69) is 12.2 Å². The molecular weight excluding hydrogens is 252 g/mol. The summed E-state index contributed by atoms with van der Waals surface area (Å²) in [7, 11) is 0. The molecular formula is C16H24N2O2. The second-order valence-corrected chi connectivity index (χ2v) is 4.96. The molecule has 0 saturated heterocycles. The minimum atomic E-state index is -0.0445. The van der Waals surface area contributed by atoms with Crippen molar-refractivity contribution in [2.75, 3.05) is 18.0 Å². The molecule has 4 nitrogen and oxygen atoms in total. The molecule has 0 heterocycles. The Bertz CT molecular complexity index is 458. The lowest BCUT2D eigenvalue weighted by Gasteiger charge is -2.21. The quantitative estimate of drug-likeness (QED) is 0.778. The van der Waals surface area contributed by atoms with Gasteiger partial charge in [-0.1, -0.05) is 25.5 Å². The minimum Gasteiger partial charge on any atom is -0.356 e. The number of carbonyl (C=O) groups is 2. The van der Waals surface area contributed by atoms with Crippen LogP contribution in [0.2, 0.25) is 0 Å². The van der Waals surface area contributed by atoms with Crippen LogP contribution in [0.4, 0.5) is 5.69 Å². The molecule has 0 unspecified atom stereocenters. The van der Waals surface area contributed by atoms with E-state index >= 15 is 0 Å². The van der Waals surface area contributed by atoms with Gasteiger partial charge in [-0.3, -0.25) is 9.59 Å². The fourth-order valence-electron chi connectivity index (χ4n) is 1.97. The van der Waals surface area contributed by atoms with E-state index in [1.165, 1.54) is 6.92 Å². The lowest BCUT2D eigenvalue weighted by atomic mass is 10.2. The van der Waals surface area contributed by atoms with E-state index in [-0.39, 0.29) is 11.8 Å². The number of anilines is 1. The van der Waals surface area contributed by atoms with Crippen molar-refractivity contribution < 1.29 is 9.59 Å². The van der Waals surface area contributed by atoms with Crippen LogP contribution >= 0.6 is 0 Å². The Kier molecular flexibility index (Phi) is 6.77. The Hall–Kier alpha value is -1.84. The number of nitrogens with one attached hydrogen (secondary N) is 1. The van der Waals surface area contributed by atoms with Gasteiger partial charge in [0.05, 0.1) is 0 Å². The van der Waals surface area contributed by atoms with Crippen molar-refractivity contribution in [1.82, 2.24) is 5.32 Å². The van der Waals surface area contributed by atoms with E-state index in [0.717, 1.165) is 24.1 Å². The number of carbonyl (C=O) groups excluding carboxylic acids is 2. The van der Waals surface area contributed by atoms with E-state index in [9.17, 15) is 9.59 Å². The number of benzene rings is 1. The summed E-state index contributed by atoms with van der Waals surface area (Å²) in [5, 5.41) is 2.86. The highest BCUT2D eigenvalue weighted by Gasteiger charge is 2.13. The highest BCUT2D eigenvalue weighted by atomic mass is 16.2. The topological polar surface area (TPSA) is 49.4 Å². The number of unbranched alkanes of at least 4 members (excludes halogenated alkanes) is 1. The number of hydrogen-bond acceptors (Lipinski definition) is 2. The molecule has 0 radical (unpaired) electrons. The molecule has 0 aliphatic carbocycles. The van der Waals surface area contributed by atoms with Crippen molar-refractivity contribution in [1.29, 1.82) is 0 Å². The van der Waals surface area contributed by atoms with Gasteiger partial charge < -0.3 is 10.2 Å². The molecule has 0 fully saturated rings. The lowest BCUT2D eigenvalue weighted by molar-refractivity contribution is -0.121. The number of amides is 2. The summed E-state index contributed by atoms with van der Waals surface area (Å²) in [4.78, 5) is 25.1. The van der Waals surface area contributed by atoms with Gasteiger partial charge >= 0.3 is 0 Å². The van der Waals surface area contributed by atoms with Gasteiger partial charge in [-0.2, -0.15) is 0 Å². The van der Waals surface area contributed by atoms with Crippen LogP contribution in [0, 0.1) is 6.92 Å². The first-order valence-corrected chi connectivity index (χ1v) is 7.16. The maximum absolute atomic E-state index is 11.7. The normalized spacial score (nSPS) is 10.2. The molecule has 20 heavy (non-hydrogen) atoms. The molecule has 1 N–H and O–H groups in total. The first kappa shape index (κ1) is 16.2. The van der Waals surface area contributed by atoms with Gasteiger partial charge in [-0.25, -0.2) is 0 Å². The average molecular weight is 276 g/mol. The Labute approximate surface area is 121 Å². The van der Waals surface area contributed by atoms with E-state index in [0.29, 0.717) is 19.5 Å². The number of aryl methyl sites for hydroxylation is 1. The molecule has 0 aliphatic rings. The molecule has 4 heteroatoms. The van der Waals surface area contributed by atoms with Gasteiger partial charge in [0.1, 0.15) is 0 Å². The maximum Gasteiger partial charge on any atom is 0.223 e. The van der Waals surface area contributed by atoms with Crippen LogP contribution in [0.5, 0.6) is 0 Å². The first-order chi connectivity index (χ1) is 9.54. The van der Waals surface area contributed by atoms with Gasteiger partial charge in [0, 0.05) is 32.1 Å². The van der Waals surface area contributed by atoms with Crippen LogP contribution < -0.4 is 10.2 Å². The van der Waals surface area contributed by atoms with Gasteiger partial charge in [-0.15, -0.1) is 0 Å². The minimum absolute atomic E-state index is 0.00245. The van der Waals surface area contributed by atoms with Crippen LogP contribution in [-0.4, -0.2) is 24.9 Å². The van der Waals surface area contributed by atoms with E-state index in [1.54, 1.807) is 4.90 Å². The molecule has 1 rings (SSSR count). The second-order valence-electron chi connectivity index (χ2n) is 4.96. The van der Waals surface area contributed by atoms with Gasteiger partial charge in [0.15, 0.2) is 0 Å². The zero-order valence-corrected chi connectivity index (χ0v) is 12.6. The summed E-state index contributed by atoms with van der Waals surface area (Å²) in [5.41, 5.74) is 1.94. The number of hydrogen-bond donors (Lipinski definition) is 1. The second kappa shape index (κ2) is 8.35. The third kappa shape index (κ3) is 5.43. The standard InChI is InChI=1S/C16H24N2O2/c1-4-5-10-17-16(20)9-11-18(14(3)19)15-8-6-7-13(2)12-15/h6-8,12H,4-5,9-11H2,1-3H3,(H,17,20). The summed E-state index contributed by atoms with van der Waals surface area (Å²) in [6.45, 7) is 6.72. The molecule has 0 bridgehead atoms. The Morgan fingerprint density at radius 3 is 2.65 bits per heavy atom. The van der Waals surface area contributed by atoms with Crippen LogP contribution in [0.3, 0.4) is 0 Å². The lowest BCUT2D eigenvalue weighted by Crippen LogP contribution is -2.34. The summed E-state index contributed by atoms with van der Waals surface area (Å²) >= 11 is 0. The third-order valence-corrected chi connectivity index (χ3v) is 3.11. The average Bonchev–Trinajstić information content (AvgIpc) is 2.39. The number of rotatable bonds is 7. The summed E-state index contributed by atoms with van der Waals surface area (Å²) in [6.07, 6.45) is 2.38. The van der Waals surface area contributed by atoms with Gasteiger partial charge in [-0.05, 0) is 31.0 Å². The van der Waals surface area contributed by atoms with Crippen molar-refractivity contribution in [3.63, 3.8) is 0 Å². The molecule has 0 aromatic heterocycles. The molecule has 0 spiro atoms. The molecule has 1 aromatic carbocycles. The fourth-order valence-corrected chi connectivity index (χ4v) is 1.97. The van der Waals surface area contributed by atoms with Crippen LogP contribution in [0.25, 0.3) is 0 Å². The monoisotopic (exact) mass is 276 g/mol. The van der Waals surface area contributed by atoms with E-state index in [1.807, 2.05) is 31.2 Å². The predicted molar refractivity (Wildman–Crippen MR) is 81.7 cm³/mol. The van der Waals surface area contributed by atoms with Crippen molar-refractivity contribution in [3.8, 4) is 0 Å². The fraction of sp³-hybridized carbons (Fsp3) is 0.500. The molecule has 1 aromatic rings.